The Morgan fingerprint density at radius 1 is 0.947 bits per heavy atom. The predicted octanol–water partition coefficient (Wildman–Crippen LogP) is -0.0908. The minimum absolute atomic E-state index is 0.266. The normalized spacial score (nSPS) is 12.1. The van der Waals surface area contributed by atoms with Crippen molar-refractivity contribution in [2.75, 3.05) is 5.73 Å². The van der Waals surface area contributed by atoms with Crippen molar-refractivity contribution >= 4 is 35.6 Å². The molecular formula is C10H11NO6S2. The highest BCUT2D eigenvalue weighted by molar-refractivity contribution is 8.06. The summed E-state index contributed by atoms with van der Waals surface area (Å²) in [6.07, 6.45) is 0. The van der Waals surface area contributed by atoms with Crippen molar-refractivity contribution < 1.29 is 26.4 Å². The van der Waals surface area contributed by atoms with Crippen LogP contribution >= 0.6 is 0 Å². The maximum absolute atomic E-state index is 11.7. The van der Waals surface area contributed by atoms with Gasteiger partial charge in [-0.1, -0.05) is 0 Å². The number of carbonyl (C=O) groups is 2. The van der Waals surface area contributed by atoms with Gasteiger partial charge in [0.15, 0.2) is 0 Å². The molecule has 0 radical (unpaired) electrons. The maximum atomic E-state index is 11.7. The highest BCUT2D eigenvalue weighted by Crippen LogP contribution is 2.24. The van der Waals surface area contributed by atoms with Crippen LogP contribution in [0.1, 0.15) is 13.8 Å². The molecule has 0 saturated carbocycles. The van der Waals surface area contributed by atoms with Crippen LogP contribution in [0.15, 0.2) is 28.0 Å². The van der Waals surface area contributed by atoms with E-state index in [0.29, 0.717) is 6.07 Å². The number of nitrogen functional groups attached to an aromatic ring is 1. The Morgan fingerprint density at radius 2 is 1.42 bits per heavy atom. The Bertz CT molecular complexity index is 761. The average Bonchev–Trinajstić information content (AvgIpc) is 2.28. The van der Waals surface area contributed by atoms with Gasteiger partial charge in [0.1, 0.15) is 0 Å². The second-order valence-corrected chi connectivity index (χ2v) is 7.76. The lowest BCUT2D eigenvalue weighted by molar-refractivity contribution is -0.110. The molecule has 0 aliphatic rings. The third kappa shape index (κ3) is 2.66. The number of hydrogen-bond donors (Lipinski definition) is 1. The maximum Gasteiger partial charge on any atom is 0.248 e. The number of benzene rings is 1. The SMILES string of the molecule is CC(=O)S(=O)(=O)c1ccc(N)c(S(=O)(=O)C(C)=O)c1. The average molecular weight is 305 g/mol. The largest absolute Gasteiger partial charge is 0.398 e. The molecule has 19 heavy (non-hydrogen) atoms. The van der Waals surface area contributed by atoms with Gasteiger partial charge in [0.05, 0.1) is 15.5 Å². The number of nitrogens with two attached hydrogens (primary N) is 1. The van der Waals surface area contributed by atoms with Gasteiger partial charge < -0.3 is 5.73 Å². The van der Waals surface area contributed by atoms with Crippen LogP contribution in [-0.4, -0.2) is 27.1 Å². The predicted molar refractivity (Wildman–Crippen MR) is 66.6 cm³/mol. The highest BCUT2D eigenvalue weighted by Gasteiger charge is 2.27. The first kappa shape index (κ1) is 15.3. The molecule has 0 aliphatic heterocycles. The summed E-state index contributed by atoms with van der Waals surface area (Å²) in [5, 5.41) is -2.31. The van der Waals surface area contributed by atoms with Gasteiger partial charge in [0, 0.05) is 13.8 Å². The molecule has 0 saturated heterocycles. The van der Waals surface area contributed by atoms with Crippen LogP contribution < -0.4 is 5.73 Å². The van der Waals surface area contributed by atoms with Crippen LogP contribution in [0, 0.1) is 0 Å². The lowest BCUT2D eigenvalue weighted by atomic mass is 10.3. The van der Waals surface area contributed by atoms with Crippen LogP contribution in [0.25, 0.3) is 0 Å². The van der Waals surface area contributed by atoms with Gasteiger partial charge >= 0.3 is 0 Å². The summed E-state index contributed by atoms with van der Waals surface area (Å²) in [6, 6.07) is 2.74. The topological polar surface area (TPSA) is 128 Å². The molecule has 1 rings (SSSR count). The number of rotatable bonds is 2. The van der Waals surface area contributed by atoms with Crippen LogP contribution in [0.5, 0.6) is 0 Å². The van der Waals surface area contributed by atoms with E-state index < -0.39 is 39.7 Å². The van der Waals surface area contributed by atoms with Gasteiger partial charge in [0.25, 0.3) is 0 Å². The first-order chi connectivity index (χ1) is 8.51. The van der Waals surface area contributed by atoms with E-state index in [1.54, 1.807) is 0 Å². The van der Waals surface area contributed by atoms with E-state index in [2.05, 4.69) is 0 Å². The molecule has 1 aromatic carbocycles. The number of carbonyl (C=O) groups excluding carboxylic acids is 2. The molecule has 9 heteroatoms. The monoisotopic (exact) mass is 305 g/mol. The van der Waals surface area contributed by atoms with Crippen molar-refractivity contribution in [3.05, 3.63) is 18.2 Å². The Balaban J connectivity index is 3.65. The van der Waals surface area contributed by atoms with E-state index in [4.69, 9.17) is 5.73 Å². The molecular weight excluding hydrogens is 294 g/mol. The molecule has 0 unspecified atom stereocenters. The summed E-state index contributed by atoms with van der Waals surface area (Å²) in [4.78, 5) is 20.9. The smallest absolute Gasteiger partial charge is 0.248 e. The fourth-order valence-electron chi connectivity index (χ4n) is 1.24. The zero-order valence-corrected chi connectivity index (χ0v) is 11.7. The van der Waals surface area contributed by atoms with Crippen molar-refractivity contribution in [2.24, 2.45) is 0 Å². The second kappa shape index (κ2) is 4.74. The fraction of sp³-hybridized carbons (Fsp3) is 0.200. The Hall–Kier alpha value is -1.74. The van der Waals surface area contributed by atoms with Gasteiger partial charge in [-0.15, -0.1) is 0 Å². The summed E-state index contributed by atoms with van der Waals surface area (Å²) in [5.41, 5.74) is 5.16. The summed E-state index contributed by atoms with van der Waals surface area (Å²) in [7, 11) is -8.63. The van der Waals surface area contributed by atoms with Gasteiger partial charge in [-0.25, -0.2) is 16.8 Å². The van der Waals surface area contributed by atoms with E-state index in [1.165, 1.54) is 0 Å². The first-order valence-corrected chi connectivity index (χ1v) is 7.88. The Morgan fingerprint density at radius 3 is 1.84 bits per heavy atom. The van der Waals surface area contributed by atoms with Crippen molar-refractivity contribution in [1.29, 1.82) is 0 Å². The highest BCUT2D eigenvalue weighted by atomic mass is 32.2. The fourth-order valence-corrected chi connectivity index (χ4v) is 3.13. The molecule has 0 amide bonds. The van der Waals surface area contributed by atoms with Crippen LogP contribution in [0.4, 0.5) is 5.69 Å². The van der Waals surface area contributed by atoms with Gasteiger partial charge in [-0.05, 0) is 18.2 Å². The van der Waals surface area contributed by atoms with Gasteiger partial charge in [-0.3, -0.25) is 9.59 Å². The molecule has 0 aliphatic carbocycles. The number of hydrogen-bond acceptors (Lipinski definition) is 7. The molecule has 0 heterocycles. The van der Waals surface area contributed by atoms with E-state index in [0.717, 1.165) is 26.0 Å². The minimum Gasteiger partial charge on any atom is -0.398 e. The van der Waals surface area contributed by atoms with Gasteiger partial charge in [0.2, 0.25) is 29.9 Å². The quantitative estimate of drug-likeness (QED) is 0.756. The molecule has 0 bridgehead atoms. The van der Waals surface area contributed by atoms with Crippen molar-refractivity contribution in [3.8, 4) is 0 Å². The van der Waals surface area contributed by atoms with Crippen LogP contribution in [0.2, 0.25) is 0 Å². The first-order valence-electron chi connectivity index (χ1n) is 4.92. The standard InChI is InChI=1S/C10H11NO6S2/c1-6(12)18(14,15)8-3-4-9(11)10(5-8)19(16,17)7(2)13/h3-5H,11H2,1-2H3. The number of anilines is 1. The lowest BCUT2D eigenvalue weighted by Crippen LogP contribution is -2.16. The third-order valence-corrected chi connectivity index (χ3v) is 5.66. The van der Waals surface area contributed by atoms with E-state index in [1.807, 2.05) is 0 Å². The van der Waals surface area contributed by atoms with E-state index >= 15 is 0 Å². The second-order valence-electron chi connectivity index (χ2n) is 3.69. The van der Waals surface area contributed by atoms with Crippen LogP contribution in [0.3, 0.4) is 0 Å². The van der Waals surface area contributed by atoms with Crippen molar-refractivity contribution in [1.82, 2.24) is 0 Å². The van der Waals surface area contributed by atoms with E-state index in [9.17, 15) is 26.4 Å². The van der Waals surface area contributed by atoms with Crippen molar-refractivity contribution in [2.45, 2.75) is 23.6 Å². The summed E-state index contributed by atoms with van der Waals surface area (Å²) < 4.78 is 46.6. The molecule has 7 nitrogen and oxygen atoms in total. The molecule has 104 valence electrons. The zero-order chi connectivity index (χ0) is 15.0. The Labute approximate surface area is 110 Å². The summed E-state index contributed by atoms with van der Waals surface area (Å²) >= 11 is 0. The molecule has 2 N–H and O–H groups in total. The molecule has 0 fully saturated rings. The Kier molecular flexibility index (Phi) is 3.82. The molecule has 1 aromatic rings. The van der Waals surface area contributed by atoms with E-state index in [-0.39, 0.29) is 5.69 Å². The summed E-state index contributed by atoms with van der Waals surface area (Å²) in [6.45, 7) is 1.66. The molecule has 0 atom stereocenters. The van der Waals surface area contributed by atoms with Crippen molar-refractivity contribution in [3.63, 3.8) is 0 Å². The van der Waals surface area contributed by atoms with Gasteiger partial charge in [-0.2, -0.15) is 0 Å². The third-order valence-electron chi connectivity index (χ3n) is 2.34. The van der Waals surface area contributed by atoms with Crippen LogP contribution in [-0.2, 0) is 29.3 Å². The number of sulfone groups is 2. The zero-order valence-electron chi connectivity index (χ0n) is 10.1. The lowest BCUT2D eigenvalue weighted by Gasteiger charge is -2.07. The minimum atomic E-state index is -4.36. The molecule has 0 aromatic heterocycles. The molecule has 0 spiro atoms. The summed E-state index contributed by atoms with van der Waals surface area (Å²) in [5.74, 6) is 0.